The third-order valence-corrected chi connectivity index (χ3v) is 6.61. The molecule has 8 nitrogen and oxygen atoms in total. The maximum absolute atomic E-state index is 13.1. The molecule has 1 aliphatic carbocycles. The van der Waals surface area contributed by atoms with Crippen molar-refractivity contribution >= 4 is 35.2 Å². The number of likely N-dealkylation sites (N-methyl/N-ethyl adjacent to an activating group) is 1. The summed E-state index contributed by atoms with van der Waals surface area (Å²) in [6.07, 6.45) is 2.27. The second kappa shape index (κ2) is 9.79. The molecule has 176 valence electrons. The molecule has 1 saturated carbocycles. The SMILES string of the molecule is COC(=O)c1c(C)[nH]c(C(=O)OCC(=O)N(C)[C@@]2(c3ccccc3Cl)CCCCC2=O)c1C. The number of Topliss-reactive ketones (excluding diaryl/α,β-unsaturated/α-hetero) is 1. The number of carbonyl (C=O) groups excluding carboxylic acids is 4. The first-order chi connectivity index (χ1) is 15.6. The first kappa shape index (κ1) is 24.5. The van der Waals surface area contributed by atoms with E-state index in [1.807, 2.05) is 0 Å². The Morgan fingerprint density at radius 3 is 2.48 bits per heavy atom. The zero-order valence-corrected chi connectivity index (χ0v) is 19.9. The number of ether oxygens (including phenoxy) is 2. The average Bonchev–Trinajstić information content (AvgIpc) is 3.11. The van der Waals surface area contributed by atoms with Crippen molar-refractivity contribution in [3.05, 3.63) is 57.4 Å². The summed E-state index contributed by atoms with van der Waals surface area (Å²) in [7, 11) is 2.78. The maximum Gasteiger partial charge on any atom is 0.355 e. The number of aryl methyl sites for hydroxylation is 1. The number of carbonyl (C=O) groups is 4. The van der Waals surface area contributed by atoms with E-state index < -0.39 is 30.0 Å². The van der Waals surface area contributed by atoms with E-state index in [1.165, 1.54) is 19.1 Å². The van der Waals surface area contributed by atoms with Crippen LogP contribution in [0.25, 0.3) is 0 Å². The smallest absolute Gasteiger partial charge is 0.355 e. The zero-order valence-electron chi connectivity index (χ0n) is 19.1. The van der Waals surface area contributed by atoms with E-state index in [0.717, 1.165) is 12.8 Å². The highest BCUT2D eigenvalue weighted by Crippen LogP contribution is 2.42. The Bertz CT molecular complexity index is 1110. The number of nitrogens with zero attached hydrogens (tertiary/aromatic N) is 1. The van der Waals surface area contributed by atoms with Gasteiger partial charge < -0.3 is 19.4 Å². The summed E-state index contributed by atoms with van der Waals surface area (Å²) in [5.74, 6) is -1.99. The number of halogens is 1. The molecule has 0 unspecified atom stereocenters. The van der Waals surface area contributed by atoms with E-state index in [1.54, 1.807) is 38.1 Å². The summed E-state index contributed by atoms with van der Waals surface area (Å²) in [6, 6.07) is 6.98. The number of aromatic nitrogens is 1. The van der Waals surface area contributed by atoms with Crippen molar-refractivity contribution in [1.29, 1.82) is 0 Å². The quantitative estimate of drug-likeness (QED) is 0.639. The number of benzene rings is 1. The second-order valence-electron chi connectivity index (χ2n) is 8.12. The lowest BCUT2D eigenvalue weighted by Gasteiger charge is -2.43. The summed E-state index contributed by atoms with van der Waals surface area (Å²) in [5, 5.41) is 0.400. The summed E-state index contributed by atoms with van der Waals surface area (Å²) < 4.78 is 10.00. The van der Waals surface area contributed by atoms with E-state index in [2.05, 4.69) is 4.98 Å². The van der Waals surface area contributed by atoms with Gasteiger partial charge in [-0.05, 0) is 44.7 Å². The first-order valence-corrected chi connectivity index (χ1v) is 11.0. The van der Waals surface area contributed by atoms with Crippen LogP contribution in [0.4, 0.5) is 0 Å². The van der Waals surface area contributed by atoms with E-state index >= 15 is 0 Å². The standard InChI is InChI=1S/C24H27ClN2O6/c1-14-20(22(30)32-4)15(2)26-21(14)23(31)33-13-19(29)27(3)24(12-8-7-11-18(24)28)16-9-5-6-10-17(16)25/h5-6,9-10,26H,7-8,11-13H2,1-4H3/t24-/m1/s1. The Balaban J connectivity index is 1.82. The molecule has 0 radical (unpaired) electrons. The number of ketones is 1. The highest BCUT2D eigenvalue weighted by molar-refractivity contribution is 6.31. The Morgan fingerprint density at radius 2 is 1.85 bits per heavy atom. The second-order valence-corrected chi connectivity index (χ2v) is 8.52. The lowest BCUT2D eigenvalue weighted by atomic mass is 9.74. The number of hydrogen-bond donors (Lipinski definition) is 1. The number of amides is 1. The highest BCUT2D eigenvalue weighted by Gasteiger charge is 2.48. The molecule has 1 aromatic heterocycles. The first-order valence-electron chi connectivity index (χ1n) is 10.6. The van der Waals surface area contributed by atoms with Gasteiger partial charge in [0.2, 0.25) is 0 Å². The summed E-state index contributed by atoms with van der Waals surface area (Å²) >= 11 is 6.42. The van der Waals surface area contributed by atoms with Gasteiger partial charge in [0.15, 0.2) is 12.4 Å². The number of aromatic amines is 1. The van der Waals surface area contributed by atoms with Gasteiger partial charge in [0, 0.05) is 29.7 Å². The van der Waals surface area contributed by atoms with Crippen molar-refractivity contribution in [2.75, 3.05) is 20.8 Å². The van der Waals surface area contributed by atoms with Gasteiger partial charge in [0.25, 0.3) is 5.91 Å². The van der Waals surface area contributed by atoms with Crippen LogP contribution in [-0.4, -0.2) is 54.3 Å². The Morgan fingerprint density at radius 1 is 1.15 bits per heavy atom. The maximum atomic E-state index is 13.1. The predicted molar refractivity (Wildman–Crippen MR) is 121 cm³/mol. The number of H-pyrrole nitrogens is 1. The Hall–Kier alpha value is -3.13. The van der Waals surface area contributed by atoms with E-state index in [4.69, 9.17) is 21.1 Å². The Kier molecular flexibility index (Phi) is 7.27. The monoisotopic (exact) mass is 474 g/mol. The van der Waals surface area contributed by atoms with Crippen LogP contribution in [0.15, 0.2) is 24.3 Å². The molecule has 1 amide bonds. The van der Waals surface area contributed by atoms with Crippen LogP contribution >= 0.6 is 11.6 Å². The topological polar surface area (TPSA) is 106 Å². The van der Waals surface area contributed by atoms with Crippen molar-refractivity contribution < 1.29 is 28.7 Å². The van der Waals surface area contributed by atoms with E-state index in [-0.39, 0.29) is 17.0 Å². The lowest BCUT2D eigenvalue weighted by Crippen LogP contribution is -2.55. The van der Waals surface area contributed by atoms with Gasteiger partial charge in [-0.25, -0.2) is 9.59 Å². The molecule has 3 rings (SSSR count). The van der Waals surface area contributed by atoms with Crippen LogP contribution in [0.3, 0.4) is 0 Å². The molecule has 33 heavy (non-hydrogen) atoms. The highest BCUT2D eigenvalue weighted by atomic mass is 35.5. The summed E-state index contributed by atoms with van der Waals surface area (Å²) in [5.41, 5.74) is 0.505. The molecule has 9 heteroatoms. The molecule has 0 aliphatic heterocycles. The third kappa shape index (κ3) is 4.39. The number of esters is 2. The molecular formula is C24H27ClN2O6. The number of nitrogens with one attached hydrogen (secondary N) is 1. The van der Waals surface area contributed by atoms with Crippen LogP contribution in [0.1, 0.15) is 63.4 Å². The van der Waals surface area contributed by atoms with Crippen molar-refractivity contribution in [2.45, 2.75) is 45.1 Å². The lowest BCUT2D eigenvalue weighted by molar-refractivity contribution is -0.150. The summed E-state index contributed by atoms with van der Waals surface area (Å²) in [4.78, 5) is 55.0. The van der Waals surface area contributed by atoms with Gasteiger partial charge in [0.05, 0.1) is 12.7 Å². The molecule has 1 heterocycles. The number of hydrogen-bond acceptors (Lipinski definition) is 6. The van der Waals surface area contributed by atoms with Gasteiger partial charge in [-0.2, -0.15) is 0 Å². The molecule has 1 atom stereocenters. The van der Waals surface area contributed by atoms with Crippen molar-refractivity contribution in [1.82, 2.24) is 9.88 Å². The minimum atomic E-state index is -1.21. The minimum absolute atomic E-state index is 0.0675. The van der Waals surface area contributed by atoms with Crippen LogP contribution in [0.5, 0.6) is 0 Å². The van der Waals surface area contributed by atoms with Crippen LogP contribution in [0, 0.1) is 13.8 Å². The van der Waals surface area contributed by atoms with Crippen LogP contribution < -0.4 is 0 Å². The van der Waals surface area contributed by atoms with Gasteiger partial charge in [-0.15, -0.1) is 0 Å². The molecule has 1 fully saturated rings. The van der Waals surface area contributed by atoms with Gasteiger partial charge in [-0.3, -0.25) is 9.59 Å². The van der Waals surface area contributed by atoms with Crippen LogP contribution in [-0.2, 0) is 24.6 Å². The van der Waals surface area contributed by atoms with Gasteiger partial charge in [0.1, 0.15) is 11.2 Å². The largest absolute Gasteiger partial charge is 0.465 e. The zero-order chi connectivity index (χ0) is 24.3. The van der Waals surface area contributed by atoms with Crippen molar-refractivity contribution in [3.8, 4) is 0 Å². The number of methoxy groups -OCH3 is 1. The molecule has 1 N–H and O–H groups in total. The van der Waals surface area contributed by atoms with E-state index in [0.29, 0.717) is 34.7 Å². The van der Waals surface area contributed by atoms with Gasteiger partial charge in [-0.1, -0.05) is 29.8 Å². The molecular weight excluding hydrogens is 448 g/mol. The molecule has 0 bridgehead atoms. The molecule has 2 aromatic rings. The van der Waals surface area contributed by atoms with Crippen LogP contribution in [0.2, 0.25) is 5.02 Å². The molecule has 1 aromatic carbocycles. The fourth-order valence-electron chi connectivity index (χ4n) is 4.50. The number of rotatable bonds is 6. The Labute approximate surface area is 197 Å². The fraction of sp³-hybridized carbons (Fsp3) is 0.417. The van der Waals surface area contributed by atoms with E-state index in [9.17, 15) is 19.2 Å². The predicted octanol–water partition coefficient (Wildman–Crippen LogP) is 3.73. The van der Waals surface area contributed by atoms with Crippen molar-refractivity contribution in [2.24, 2.45) is 0 Å². The van der Waals surface area contributed by atoms with Gasteiger partial charge >= 0.3 is 11.9 Å². The van der Waals surface area contributed by atoms with Crippen molar-refractivity contribution in [3.63, 3.8) is 0 Å². The molecule has 0 spiro atoms. The normalized spacial score (nSPS) is 18.0. The molecule has 0 saturated heterocycles. The minimum Gasteiger partial charge on any atom is -0.465 e. The third-order valence-electron chi connectivity index (χ3n) is 6.28. The molecule has 1 aliphatic rings. The summed E-state index contributed by atoms with van der Waals surface area (Å²) in [6.45, 7) is 2.66. The average molecular weight is 475 g/mol. The fourth-order valence-corrected chi connectivity index (χ4v) is 4.79.